The maximum atomic E-state index is 14.4. The van der Waals surface area contributed by atoms with Gasteiger partial charge in [0.15, 0.2) is 0 Å². The molecule has 1 aliphatic heterocycles. The highest BCUT2D eigenvalue weighted by Gasteiger charge is 2.22. The number of alkyl halides is 1. The molecule has 3 rings (SSSR count). The van der Waals surface area contributed by atoms with E-state index in [9.17, 15) is 8.78 Å². The Labute approximate surface area is 131 Å². The van der Waals surface area contributed by atoms with Gasteiger partial charge < -0.3 is 4.90 Å². The van der Waals surface area contributed by atoms with Crippen molar-refractivity contribution in [3.8, 4) is 0 Å². The zero-order valence-corrected chi connectivity index (χ0v) is 13.2. The number of fused-ring (bicyclic) bond motifs is 1. The molecule has 0 atom stereocenters. The molecule has 0 aliphatic carbocycles. The van der Waals surface area contributed by atoms with Crippen LogP contribution in [-0.4, -0.2) is 6.54 Å². The minimum Gasteiger partial charge on any atom is -0.336 e. The Balaban J connectivity index is 2.12. The zero-order chi connectivity index (χ0) is 14.8. The van der Waals surface area contributed by atoms with Gasteiger partial charge in [-0.05, 0) is 48.6 Å². The highest BCUT2D eigenvalue weighted by molar-refractivity contribution is 9.08. The molecule has 1 heterocycles. The van der Waals surface area contributed by atoms with Crippen molar-refractivity contribution in [1.82, 2.24) is 0 Å². The number of para-hydroxylation sites is 1. The van der Waals surface area contributed by atoms with Gasteiger partial charge >= 0.3 is 0 Å². The highest BCUT2D eigenvalue weighted by atomic mass is 79.9. The number of benzene rings is 2. The lowest BCUT2D eigenvalue weighted by molar-refractivity contribution is 0.577. The lowest BCUT2D eigenvalue weighted by Gasteiger charge is -2.26. The van der Waals surface area contributed by atoms with Gasteiger partial charge in [0, 0.05) is 17.6 Å². The number of rotatable bonds is 2. The molecule has 2 aromatic carbocycles. The normalized spacial score (nSPS) is 14.7. The molecule has 0 bridgehead atoms. The summed E-state index contributed by atoms with van der Waals surface area (Å²) in [6.45, 7) is 0.637. The molecular weight excluding hydrogens is 336 g/mol. The van der Waals surface area contributed by atoms with Crippen LogP contribution in [0.5, 0.6) is 0 Å². The van der Waals surface area contributed by atoms with Gasteiger partial charge in [0.2, 0.25) is 0 Å². The van der Waals surface area contributed by atoms with Crippen molar-refractivity contribution in [2.75, 3.05) is 11.4 Å². The van der Waals surface area contributed by atoms with E-state index in [1.54, 1.807) is 4.90 Å². The number of nitrogens with zero attached hydrogens (tertiary/aromatic N) is 1. The Hall–Kier alpha value is -1.42. The van der Waals surface area contributed by atoms with Crippen LogP contribution in [0.4, 0.5) is 20.2 Å². The summed E-state index contributed by atoms with van der Waals surface area (Å²) < 4.78 is 28.8. The molecule has 110 valence electrons. The van der Waals surface area contributed by atoms with E-state index in [1.807, 2.05) is 24.3 Å². The van der Waals surface area contributed by atoms with Gasteiger partial charge in [-0.1, -0.05) is 34.1 Å². The molecular formula is C17H16BrF2N. The smallest absolute Gasteiger partial charge is 0.150 e. The largest absolute Gasteiger partial charge is 0.336 e. The second kappa shape index (κ2) is 6.14. The summed E-state index contributed by atoms with van der Waals surface area (Å²) in [6, 6.07) is 10.7. The van der Waals surface area contributed by atoms with Crippen molar-refractivity contribution in [3.05, 3.63) is 59.2 Å². The van der Waals surface area contributed by atoms with E-state index >= 15 is 0 Å². The van der Waals surface area contributed by atoms with Gasteiger partial charge in [0.1, 0.15) is 17.3 Å². The van der Waals surface area contributed by atoms with Crippen LogP contribution >= 0.6 is 15.9 Å². The van der Waals surface area contributed by atoms with Crippen molar-refractivity contribution in [2.24, 2.45) is 0 Å². The summed E-state index contributed by atoms with van der Waals surface area (Å²) in [5.41, 5.74) is 2.74. The van der Waals surface area contributed by atoms with Crippen molar-refractivity contribution >= 4 is 27.3 Å². The number of halogens is 3. The fraction of sp³-hybridized carbons (Fsp3) is 0.294. The maximum Gasteiger partial charge on any atom is 0.150 e. The van der Waals surface area contributed by atoms with Crippen LogP contribution in [0.3, 0.4) is 0 Å². The van der Waals surface area contributed by atoms with Crippen molar-refractivity contribution in [2.45, 2.75) is 24.6 Å². The molecule has 1 aliphatic rings. The average molecular weight is 352 g/mol. The van der Waals surface area contributed by atoms with Crippen LogP contribution in [-0.2, 0) is 11.8 Å². The van der Waals surface area contributed by atoms with E-state index in [0.717, 1.165) is 30.5 Å². The molecule has 0 spiro atoms. The SMILES string of the molecule is Fc1cc(CBr)cc(F)c1N1CCCCc2ccccc21. The standard InChI is InChI=1S/C17H16BrF2N/c18-11-12-9-14(19)17(15(20)10-12)21-8-4-3-6-13-5-1-2-7-16(13)21/h1-2,5,7,9-10H,3-4,6,8,11H2. The molecule has 2 aromatic rings. The summed E-state index contributed by atoms with van der Waals surface area (Å²) in [6.07, 6.45) is 2.92. The third-order valence-corrected chi connectivity index (χ3v) is 4.51. The number of aryl methyl sites for hydroxylation is 1. The molecule has 0 fully saturated rings. The predicted molar refractivity (Wildman–Crippen MR) is 85.4 cm³/mol. The Kier molecular flexibility index (Phi) is 4.24. The minimum absolute atomic E-state index is 0.0639. The summed E-state index contributed by atoms with van der Waals surface area (Å²) >= 11 is 3.24. The fourth-order valence-corrected chi connectivity index (χ4v) is 3.20. The number of hydrogen-bond acceptors (Lipinski definition) is 1. The molecule has 0 unspecified atom stereocenters. The van der Waals surface area contributed by atoms with Crippen molar-refractivity contribution in [1.29, 1.82) is 0 Å². The second-order valence-electron chi connectivity index (χ2n) is 5.28. The predicted octanol–water partition coefficient (Wildman–Crippen LogP) is 5.33. The average Bonchev–Trinajstić information content (AvgIpc) is 2.69. The lowest BCUT2D eigenvalue weighted by atomic mass is 10.1. The number of hydrogen-bond donors (Lipinski definition) is 0. The van der Waals surface area contributed by atoms with Crippen molar-refractivity contribution in [3.63, 3.8) is 0 Å². The highest BCUT2D eigenvalue weighted by Crippen LogP contribution is 2.36. The van der Waals surface area contributed by atoms with Crippen LogP contribution in [0.25, 0.3) is 0 Å². The third kappa shape index (κ3) is 2.82. The molecule has 0 saturated heterocycles. The summed E-state index contributed by atoms with van der Waals surface area (Å²) in [5.74, 6) is -0.998. The van der Waals surface area contributed by atoms with Gasteiger partial charge in [0.05, 0.1) is 0 Å². The minimum atomic E-state index is -0.499. The first-order valence-electron chi connectivity index (χ1n) is 7.10. The van der Waals surface area contributed by atoms with Crippen LogP contribution in [0.2, 0.25) is 0 Å². The molecule has 1 nitrogen and oxygen atoms in total. The third-order valence-electron chi connectivity index (χ3n) is 3.86. The Morgan fingerprint density at radius 2 is 1.76 bits per heavy atom. The quantitative estimate of drug-likeness (QED) is 0.660. The summed E-state index contributed by atoms with van der Waals surface area (Å²) in [7, 11) is 0. The summed E-state index contributed by atoms with van der Waals surface area (Å²) in [4.78, 5) is 1.78. The molecule has 4 heteroatoms. The van der Waals surface area contributed by atoms with Crippen LogP contribution in [0.1, 0.15) is 24.0 Å². The van der Waals surface area contributed by atoms with E-state index in [1.165, 1.54) is 12.1 Å². The molecule has 21 heavy (non-hydrogen) atoms. The first kappa shape index (κ1) is 14.5. The van der Waals surface area contributed by atoms with E-state index in [2.05, 4.69) is 15.9 Å². The van der Waals surface area contributed by atoms with Gasteiger partial charge in [-0.15, -0.1) is 0 Å². The molecule has 0 radical (unpaired) electrons. The second-order valence-corrected chi connectivity index (χ2v) is 5.84. The Morgan fingerprint density at radius 1 is 1.05 bits per heavy atom. The topological polar surface area (TPSA) is 3.24 Å². The molecule has 0 aromatic heterocycles. The molecule has 0 amide bonds. The van der Waals surface area contributed by atoms with Crippen LogP contribution < -0.4 is 4.90 Å². The number of anilines is 2. The van der Waals surface area contributed by atoms with Gasteiger partial charge in [-0.25, -0.2) is 8.78 Å². The van der Waals surface area contributed by atoms with Gasteiger partial charge in [-0.2, -0.15) is 0 Å². The van der Waals surface area contributed by atoms with Crippen molar-refractivity contribution < 1.29 is 8.78 Å². The maximum absolute atomic E-state index is 14.4. The molecule has 0 N–H and O–H groups in total. The van der Waals surface area contributed by atoms with Crippen LogP contribution in [0.15, 0.2) is 36.4 Å². The lowest BCUT2D eigenvalue weighted by Crippen LogP contribution is -2.20. The Bertz CT molecular complexity index is 634. The van der Waals surface area contributed by atoms with E-state index in [0.29, 0.717) is 17.4 Å². The zero-order valence-electron chi connectivity index (χ0n) is 11.6. The Morgan fingerprint density at radius 3 is 2.48 bits per heavy atom. The van der Waals surface area contributed by atoms with Gasteiger partial charge in [0.25, 0.3) is 0 Å². The first-order chi connectivity index (χ1) is 10.2. The van der Waals surface area contributed by atoms with E-state index in [4.69, 9.17) is 0 Å². The van der Waals surface area contributed by atoms with E-state index in [-0.39, 0.29) is 5.69 Å². The molecule has 0 saturated carbocycles. The monoisotopic (exact) mass is 351 g/mol. The fourth-order valence-electron chi connectivity index (χ4n) is 2.88. The van der Waals surface area contributed by atoms with Gasteiger partial charge in [-0.3, -0.25) is 0 Å². The van der Waals surface area contributed by atoms with Crippen LogP contribution in [0, 0.1) is 11.6 Å². The van der Waals surface area contributed by atoms with E-state index < -0.39 is 11.6 Å². The first-order valence-corrected chi connectivity index (χ1v) is 8.22. The summed E-state index contributed by atoms with van der Waals surface area (Å²) in [5, 5.41) is 0.442.